The first kappa shape index (κ1) is 17.2. The number of aromatic nitrogens is 2. The van der Waals surface area contributed by atoms with Crippen LogP contribution in [0.15, 0.2) is 24.3 Å². The Kier molecular flexibility index (Phi) is 5.14. The Morgan fingerprint density at radius 1 is 1.32 bits per heavy atom. The molecule has 1 aromatic carbocycles. The van der Waals surface area contributed by atoms with E-state index < -0.39 is 5.91 Å². The van der Waals surface area contributed by atoms with Crippen molar-refractivity contribution in [1.29, 1.82) is 0 Å². The number of carbonyl (C=O) groups excluding carboxylic acids is 2. The van der Waals surface area contributed by atoms with Crippen molar-refractivity contribution in [3.05, 3.63) is 46.8 Å². The summed E-state index contributed by atoms with van der Waals surface area (Å²) in [6.45, 7) is 4.58. The van der Waals surface area contributed by atoms with Gasteiger partial charge in [-0.25, -0.2) is 0 Å². The van der Waals surface area contributed by atoms with Gasteiger partial charge < -0.3 is 11.1 Å². The van der Waals surface area contributed by atoms with E-state index in [-0.39, 0.29) is 5.91 Å². The second kappa shape index (κ2) is 7.48. The van der Waals surface area contributed by atoms with Crippen molar-refractivity contribution in [1.82, 2.24) is 15.1 Å². The number of H-pyrrole nitrogens is 1. The summed E-state index contributed by atoms with van der Waals surface area (Å²) in [5.41, 5.74) is 9.94. The predicted molar refractivity (Wildman–Crippen MR) is 95.2 cm³/mol. The van der Waals surface area contributed by atoms with E-state index in [0.717, 1.165) is 31.6 Å². The minimum atomic E-state index is -0.479. The minimum Gasteiger partial charge on any atom is -0.366 e. The Bertz CT molecular complexity index is 753. The van der Waals surface area contributed by atoms with Crippen molar-refractivity contribution in [2.24, 2.45) is 5.73 Å². The van der Waals surface area contributed by atoms with Crippen molar-refractivity contribution in [2.75, 3.05) is 18.4 Å². The molecule has 2 aromatic rings. The van der Waals surface area contributed by atoms with Gasteiger partial charge in [0.1, 0.15) is 0 Å². The van der Waals surface area contributed by atoms with Crippen LogP contribution in [-0.2, 0) is 24.2 Å². The Hall–Kier alpha value is -2.67. The summed E-state index contributed by atoms with van der Waals surface area (Å²) in [6.07, 6.45) is 2.28. The Morgan fingerprint density at radius 3 is 2.76 bits per heavy atom. The van der Waals surface area contributed by atoms with Gasteiger partial charge in [-0.3, -0.25) is 19.6 Å². The summed E-state index contributed by atoms with van der Waals surface area (Å²) in [6, 6.07) is 6.58. The van der Waals surface area contributed by atoms with Gasteiger partial charge in [0.2, 0.25) is 11.8 Å². The van der Waals surface area contributed by atoms with Crippen LogP contribution in [0.25, 0.3) is 0 Å². The fraction of sp³-hybridized carbons (Fsp3) is 0.389. The highest BCUT2D eigenvalue weighted by atomic mass is 16.2. The van der Waals surface area contributed by atoms with Crippen LogP contribution in [0.2, 0.25) is 0 Å². The minimum absolute atomic E-state index is 0.0412. The molecule has 132 valence electrons. The van der Waals surface area contributed by atoms with Gasteiger partial charge in [-0.2, -0.15) is 5.10 Å². The number of amides is 2. The predicted octanol–water partition coefficient (Wildman–Crippen LogP) is 1.46. The zero-order valence-electron chi connectivity index (χ0n) is 14.3. The molecule has 2 heterocycles. The van der Waals surface area contributed by atoms with Gasteiger partial charge in [-0.1, -0.05) is 6.92 Å². The van der Waals surface area contributed by atoms with Crippen LogP contribution >= 0.6 is 0 Å². The maximum atomic E-state index is 12.1. The molecule has 0 atom stereocenters. The molecular formula is C18H23N5O2. The molecule has 1 aromatic heterocycles. The van der Waals surface area contributed by atoms with Crippen LogP contribution in [0.4, 0.5) is 5.69 Å². The summed E-state index contributed by atoms with van der Waals surface area (Å²) >= 11 is 0. The third-order valence-corrected chi connectivity index (χ3v) is 4.54. The Labute approximate surface area is 146 Å². The number of aryl methyl sites for hydroxylation is 1. The molecular weight excluding hydrogens is 318 g/mol. The molecule has 1 aliphatic heterocycles. The first-order valence-electron chi connectivity index (χ1n) is 8.54. The molecule has 25 heavy (non-hydrogen) atoms. The molecule has 2 amide bonds. The second-order valence-corrected chi connectivity index (χ2v) is 6.25. The lowest BCUT2D eigenvalue weighted by molar-refractivity contribution is -0.116. The number of nitrogens with one attached hydrogen (secondary N) is 2. The SMILES string of the molecule is CCc1n[nH]c2c1CN(CCC(=O)Nc1ccc(C(N)=O)cc1)CC2. The number of fused-ring (bicyclic) bond motifs is 1. The third-order valence-electron chi connectivity index (χ3n) is 4.54. The zero-order chi connectivity index (χ0) is 17.8. The maximum Gasteiger partial charge on any atom is 0.248 e. The molecule has 0 saturated carbocycles. The zero-order valence-corrected chi connectivity index (χ0v) is 14.3. The van der Waals surface area contributed by atoms with Crippen molar-refractivity contribution in [2.45, 2.75) is 32.7 Å². The third kappa shape index (κ3) is 4.06. The number of hydrogen-bond donors (Lipinski definition) is 3. The van der Waals surface area contributed by atoms with Gasteiger partial charge in [0, 0.05) is 55.0 Å². The first-order valence-corrected chi connectivity index (χ1v) is 8.54. The van der Waals surface area contributed by atoms with Gasteiger partial charge in [0.05, 0.1) is 5.69 Å². The smallest absolute Gasteiger partial charge is 0.248 e. The number of aromatic amines is 1. The molecule has 4 N–H and O–H groups in total. The van der Waals surface area contributed by atoms with Crippen LogP contribution < -0.4 is 11.1 Å². The van der Waals surface area contributed by atoms with Crippen LogP contribution in [0.3, 0.4) is 0 Å². The lowest BCUT2D eigenvalue weighted by atomic mass is 10.0. The van der Waals surface area contributed by atoms with E-state index in [1.807, 2.05) is 0 Å². The quantitative estimate of drug-likeness (QED) is 0.740. The first-order chi connectivity index (χ1) is 12.1. The van der Waals surface area contributed by atoms with E-state index in [1.54, 1.807) is 24.3 Å². The number of anilines is 1. The summed E-state index contributed by atoms with van der Waals surface area (Å²) in [5.74, 6) is -0.520. The second-order valence-electron chi connectivity index (χ2n) is 6.25. The molecule has 0 saturated heterocycles. The Balaban J connectivity index is 1.50. The summed E-state index contributed by atoms with van der Waals surface area (Å²) in [4.78, 5) is 25.5. The van der Waals surface area contributed by atoms with E-state index >= 15 is 0 Å². The number of nitrogens with two attached hydrogens (primary N) is 1. The average Bonchev–Trinajstić information content (AvgIpc) is 3.02. The number of nitrogens with zero attached hydrogens (tertiary/aromatic N) is 2. The van der Waals surface area contributed by atoms with Crippen LogP contribution in [0.1, 0.15) is 40.7 Å². The summed E-state index contributed by atoms with van der Waals surface area (Å²) < 4.78 is 0. The topological polar surface area (TPSA) is 104 Å². The molecule has 0 radical (unpaired) electrons. The Morgan fingerprint density at radius 2 is 2.08 bits per heavy atom. The number of primary amides is 1. The van der Waals surface area contributed by atoms with Gasteiger partial charge >= 0.3 is 0 Å². The summed E-state index contributed by atoms with van der Waals surface area (Å²) in [7, 11) is 0. The van der Waals surface area contributed by atoms with Gasteiger partial charge in [0.25, 0.3) is 0 Å². The van der Waals surface area contributed by atoms with E-state index in [0.29, 0.717) is 24.2 Å². The monoisotopic (exact) mass is 341 g/mol. The van der Waals surface area contributed by atoms with Crippen LogP contribution in [-0.4, -0.2) is 40.0 Å². The number of hydrogen-bond acceptors (Lipinski definition) is 4. The normalized spacial score (nSPS) is 14.1. The highest BCUT2D eigenvalue weighted by molar-refractivity contribution is 5.94. The number of rotatable bonds is 6. The van der Waals surface area contributed by atoms with Gasteiger partial charge in [0.15, 0.2) is 0 Å². The van der Waals surface area contributed by atoms with Crippen molar-refractivity contribution in [3.8, 4) is 0 Å². The molecule has 0 bridgehead atoms. The molecule has 0 fully saturated rings. The molecule has 1 aliphatic rings. The fourth-order valence-corrected chi connectivity index (χ4v) is 3.09. The van der Waals surface area contributed by atoms with Crippen molar-refractivity contribution < 1.29 is 9.59 Å². The standard InChI is InChI=1S/C18H23N5O2/c1-2-15-14-11-23(9-7-16(14)22-21-15)10-8-17(24)20-13-5-3-12(4-6-13)18(19)25/h3-6H,2,7-11H2,1H3,(H2,19,25)(H,20,24)(H,21,22). The molecule has 0 unspecified atom stereocenters. The highest BCUT2D eigenvalue weighted by Gasteiger charge is 2.21. The average molecular weight is 341 g/mol. The number of carbonyl (C=O) groups is 2. The molecule has 7 nitrogen and oxygen atoms in total. The summed E-state index contributed by atoms with van der Waals surface area (Å²) in [5, 5.41) is 10.3. The fourth-order valence-electron chi connectivity index (χ4n) is 3.09. The lowest BCUT2D eigenvalue weighted by Crippen LogP contribution is -2.33. The molecule has 7 heteroatoms. The largest absolute Gasteiger partial charge is 0.366 e. The van der Waals surface area contributed by atoms with E-state index in [2.05, 4.69) is 27.3 Å². The van der Waals surface area contributed by atoms with Crippen LogP contribution in [0.5, 0.6) is 0 Å². The van der Waals surface area contributed by atoms with E-state index in [9.17, 15) is 9.59 Å². The lowest BCUT2D eigenvalue weighted by Gasteiger charge is -2.26. The molecule has 0 aliphatic carbocycles. The van der Waals surface area contributed by atoms with Crippen molar-refractivity contribution >= 4 is 17.5 Å². The van der Waals surface area contributed by atoms with Gasteiger partial charge in [-0.15, -0.1) is 0 Å². The van der Waals surface area contributed by atoms with Crippen molar-refractivity contribution in [3.63, 3.8) is 0 Å². The van der Waals surface area contributed by atoms with Gasteiger partial charge in [-0.05, 0) is 30.7 Å². The highest BCUT2D eigenvalue weighted by Crippen LogP contribution is 2.20. The van der Waals surface area contributed by atoms with Crippen LogP contribution in [0, 0.1) is 0 Å². The van der Waals surface area contributed by atoms with E-state index in [4.69, 9.17) is 5.73 Å². The maximum absolute atomic E-state index is 12.1. The molecule has 0 spiro atoms. The number of benzene rings is 1. The molecule has 3 rings (SSSR count). The van der Waals surface area contributed by atoms with E-state index in [1.165, 1.54) is 11.3 Å².